The minimum absolute atomic E-state index is 0.00708. The lowest BCUT2D eigenvalue weighted by Gasteiger charge is -2.39. The van der Waals surface area contributed by atoms with E-state index in [-0.39, 0.29) is 37.2 Å². The molecule has 6 rings (SSSR count). The molecule has 4 unspecified atom stereocenters. The molecule has 0 saturated carbocycles. The van der Waals surface area contributed by atoms with E-state index in [4.69, 9.17) is 14.7 Å². The van der Waals surface area contributed by atoms with E-state index in [1.807, 2.05) is 60.7 Å². The Balaban J connectivity index is 1.15. The fourth-order valence-corrected chi connectivity index (χ4v) is 6.92. The number of ether oxygens (including phenoxy) is 2. The molecule has 5 aromatic carbocycles. The van der Waals surface area contributed by atoms with Gasteiger partial charge in [-0.1, -0.05) is 109 Å². The van der Waals surface area contributed by atoms with E-state index in [1.54, 1.807) is 5.48 Å². The summed E-state index contributed by atoms with van der Waals surface area (Å²) in [6, 6.07) is 39.5. The number of carbonyl (C=O) groups is 2. The molecule has 9 nitrogen and oxygen atoms in total. The van der Waals surface area contributed by atoms with E-state index in [0.29, 0.717) is 38.8 Å². The normalized spacial score (nSPS) is 17.8. The zero-order chi connectivity index (χ0) is 37.2. The quantitative estimate of drug-likeness (QED) is 0.0494. The Kier molecular flexibility index (Phi) is 13.0. The van der Waals surface area contributed by atoms with Crippen LogP contribution in [0.15, 0.2) is 115 Å². The van der Waals surface area contributed by atoms with Crippen LogP contribution in [0.3, 0.4) is 0 Å². The number of hydroxylamine groups is 1. The monoisotopic (exact) mass is 715 g/mol. The van der Waals surface area contributed by atoms with Crippen molar-refractivity contribution in [1.82, 2.24) is 15.7 Å². The number of unbranched alkanes of at least 4 members (excludes halogenated alkanes) is 1. The maximum absolute atomic E-state index is 12.5. The van der Waals surface area contributed by atoms with Crippen LogP contribution in [0.25, 0.3) is 21.9 Å². The van der Waals surface area contributed by atoms with Gasteiger partial charge in [-0.15, -0.1) is 0 Å². The molecule has 2 amide bonds. The molecule has 0 bridgehead atoms. The van der Waals surface area contributed by atoms with Gasteiger partial charge in [0.1, 0.15) is 0 Å². The number of hydrogen-bond donors (Lipinski definition) is 4. The average molecular weight is 716 g/mol. The number of hydrogen-bond acceptors (Lipinski definition) is 7. The van der Waals surface area contributed by atoms with Crippen LogP contribution in [0.5, 0.6) is 0 Å². The first-order chi connectivity index (χ1) is 25.8. The van der Waals surface area contributed by atoms with Crippen LogP contribution in [-0.2, 0) is 32.2 Å². The van der Waals surface area contributed by atoms with Crippen molar-refractivity contribution >= 4 is 22.6 Å². The molecule has 1 aliphatic heterocycles. The van der Waals surface area contributed by atoms with E-state index >= 15 is 0 Å². The molecule has 4 atom stereocenters. The first kappa shape index (κ1) is 37.8. The van der Waals surface area contributed by atoms with Gasteiger partial charge in [0.15, 0.2) is 6.29 Å². The van der Waals surface area contributed by atoms with Crippen LogP contribution in [-0.4, -0.2) is 46.7 Å². The lowest BCUT2D eigenvalue weighted by Crippen LogP contribution is -2.38. The summed E-state index contributed by atoms with van der Waals surface area (Å²) in [7, 11) is 2.15. The molecule has 1 heterocycles. The Morgan fingerprint density at radius 1 is 0.811 bits per heavy atom. The second-order valence-electron chi connectivity index (χ2n) is 13.9. The predicted molar refractivity (Wildman–Crippen MR) is 206 cm³/mol. The van der Waals surface area contributed by atoms with Crippen molar-refractivity contribution in [3.05, 3.63) is 143 Å². The first-order valence-corrected chi connectivity index (χ1v) is 18.4. The van der Waals surface area contributed by atoms with Crippen molar-refractivity contribution in [2.75, 3.05) is 13.6 Å². The second kappa shape index (κ2) is 18.2. The lowest BCUT2D eigenvalue weighted by molar-refractivity contribution is -0.253. The van der Waals surface area contributed by atoms with Crippen LogP contribution in [0.4, 0.5) is 0 Å². The summed E-state index contributed by atoms with van der Waals surface area (Å²) in [5.74, 6) is -0.534. The van der Waals surface area contributed by atoms with Crippen LogP contribution in [0.1, 0.15) is 85.3 Å². The molecule has 0 aromatic heterocycles. The highest BCUT2D eigenvalue weighted by Crippen LogP contribution is 2.39. The summed E-state index contributed by atoms with van der Waals surface area (Å²) in [6.45, 7) is 3.32. The largest absolute Gasteiger partial charge is 0.392 e. The molecule has 0 radical (unpaired) electrons. The number of aliphatic hydroxyl groups is 1. The fraction of sp³-hybridized carbons (Fsp3) is 0.318. The standard InChI is InChI=1S/C44H49N3O6/c1-30(36-24-19-32-9-3-4-10-37(32)25-36)47(2)28-39-26-41(34-17-15-31(29-48)16-18-34)53-44(52-39)35-22-20-33(21-23-35)40-12-6-5-11-38(40)27-45-42(49)13-7-8-14-43(50)46-51/h3-6,9-12,15-25,30,39,41,44,48,51H,7-8,13-14,26-29H2,1-2H3,(H,45,49)(H,46,50). The summed E-state index contributed by atoms with van der Waals surface area (Å²) in [5.41, 5.74) is 8.73. The van der Waals surface area contributed by atoms with Gasteiger partial charge in [-0.05, 0) is 77.0 Å². The lowest BCUT2D eigenvalue weighted by atomic mass is 9.97. The molecule has 53 heavy (non-hydrogen) atoms. The number of rotatable bonds is 15. The van der Waals surface area contributed by atoms with E-state index in [1.165, 1.54) is 16.3 Å². The average Bonchev–Trinajstić information content (AvgIpc) is 3.21. The summed E-state index contributed by atoms with van der Waals surface area (Å²) in [6.07, 6.45) is 1.40. The summed E-state index contributed by atoms with van der Waals surface area (Å²) in [4.78, 5) is 26.1. The van der Waals surface area contributed by atoms with Crippen molar-refractivity contribution in [2.24, 2.45) is 0 Å². The van der Waals surface area contributed by atoms with Crippen LogP contribution in [0, 0.1) is 0 Å². The molecule has 0 spiro atoms. The van der Waals surface area contributed by atoms with Crippen molar-refractivity contribution in [1.29, 1.82) is 0 Å². The predicted octanol–water partition coefficient (Wildman–Crippen LogP) is 7.92. The SMILES string of the molecule is CC(c1ccc2ccccc2c1)N(C)CC1CC(c2ccc(CO)cc2)OC(c2ccc(-c3ccccc3CNC(=O)CCCCC(=O)NO)cc2)O1. The molecule has 4 N–H and O–H groups in total. The third-order valence-corrected chi connectivity index (χ3v) is 10.2. The van der Waals surface area contributed by atoms with Crippen molar-refractivity contribution in [3.63, 3.8) is 0 Å². The molecule has 1 fully saturated rings. The number of aliphatic hydroxyl groups excluding tert-OH is 1. The molecule has 5 aromatic rings. The smallest absolute Gasteiger partial charge is 0.243 e. The Hall–Kier alpha value is -4.90. The molecule has 1 saturated heterocycles. The number of fused-ring (bicyclic) bond motifs is 1. The minimum atomic E-state index is -0.576. The maximum atomic E-state index is 12.5. The van der Waals surface area contributed by atoms with Gasteiger partial charge in [0, 0.05) is 44.0 Å². The van der Waals surface area contributed by atoms with E-state index in [9.17, 15) is 14.7 Å². The van der Waals surface area contributed by atoms with Crippen LogP contribution >= 0.6 is 0 Å². The molecule has 9 heteroatoms. The van der Waals surface area contributed by atoms with Gasteiger partial charge >= 0.3 is 0 Å². The zero-order valence-corrected chi connectivity index (χ0v) is 30.4. The Morgan fingerprint density at radius 3 is 2.23 bits per heavy atom. The van der Waals surface area contributed by atoms with E-state index in [0.717, 1.165) is 33.4 Å². The summed E-state index contributed by atoms with van der Waals surface area (Å²) in [5, 5.41) is 23.7. The van der Waals surface area contributed by atoms with E-state index in [2.05, 4.69) is 78.8 Å². The van der Waals surface area contributed by atoms with Gasteiger partial charge in [0.2, 0.25) is 11.8 Å². The number of nitrogens with one attached hydrogen (secondary N) is 2. The molecular formula is C44H49N3O6. The van der Waals surface area contributed by atoms with Gasteiger partial charge in [-0.25, -0.2) is 5.48 Å². The first-order valence-electron chi connectivity index (χ1n) is 18.4. The Morgan fingerprint density at radius 2 is 1.49 bits per heavy atom. The number of likely N-dealkylation sites (N-methyl/N-ethyl adjacent to an activating group) is 1. The second-order valence-corrected chi connectivity index (χ2v) is 13.9. The maximum Gasteiger partial charge on any atom is 0.243 e. The number of carbonyl (C=O) groups excluding carboxylic acids is 2. The minimum Gasteiger partial charge on any atom is -0.392 e. The molecule has 0 aliphatic carbocycles. The van der Waals surface area contributed by atoms with Gasteiger partial charge in [-0.3, -0.25) is 19.7 Å². The Labute approximate surface area is 311 Å². The number of nitrogens with zero attached hydrogens (tertiary/aromatic N) is 1. The highest BCUT2D eigenvalue weighted by Gasteiger charge is 2.33. The number of benzene rings is 5. The van der Waals surface area contributed by atoms with Crippen LogP contribution < -0.4 is 10.8 Å². The highest BCUT2D eigenvalue weighted by molar-refractivity contribution is 5.83. The third kappa shape index (κ3) is 9.95. The molecule has 1 aliphatic rings. The zero-order valence-electron chi connectivity index (χ0n) is 30.4. The van der Waals surface area contributed by atoms with Crippen molar-refractivity contribution in [3.8, 4) is 11.1 Å². The third-order valence-electron chi connectivity index (χ3n) is 10.2. The van der Waals surface area contributed by atoms with E-state index < -0.39 is 12.2 Å². The van der Waals surface area contributed by atoms with Gasteiger partial charge in [0.25, 0.3) is 0 Å². The van der Waals surface area contributed by atoms with Gasteiger partial charge < -0.3 is 19.9 Å². The summed E-state index contributed by atoms with van der Waals surface area (Å²) < 4.78 is 13.3. The fourth-order valence-electron chi connectivity index (χ4n) is 6.92. The highest BCUT2D eigenvalue weighted by atomic mass is 16.7. The topological polar surface area (TPSA) is 120 Å². The van der Waals surface area contributed by atoms with Gasteiger partial charge in [-0.2, -0.15) is 0 Å². The molecular weight excluding hydrogens is 666 g/mol. The summed E-state index contributed by atoms with van der Waals surface area (Å²) >= 11 is 0. The number of amides is 2. The molecule has 276 valence electrons. The van der Waals surface area contributed by atoms with Crippen molar-refractivity contribution in [2.45, 2.75) is 76.7 Å². The Bertz CT molecular complexity index is 1970. The van der Waals surface area contributed by atoms with Gasteiger partial charge in [0.05, 0.1) is 18.8 Å². The van der Waals surface area contributed by atoms with Crippen molar-refractivity contribution < 1.29 is 29.4 Å². The van der Waals surface area contributed by atoms with Crippen LogP contribution in [0.2, 0.25) is 0 Å².